The first-order valence-electron chi connectivity index (χ1n) is 9.29. The highest BCUT2D eigenvalue weighted by atomic mass is 127. The summed E-state index contributed by atoms with van der Waals surface area (Å²) in [4.78, 5) is 16.5. The Kier molecular flexibility index (Phi) is 11.5. The molecule has 0 radical (unpaired) electrons. The highest BCUT2D eigenvalue weighted by Gasteiger charge is 2.17. The van der Waals surface area contributed by atoms with E-state index in [9.17, 15) is 4.79 Å². The van der Waals surface area contributed by atoms with Gasteiger partial charge in [0.05, 0.1) is 11.6 Å². The van der Waals surface area contributed by atoms with Crippen LogP contribution in [0.1, 0.15) is 44.7 Å². The molecule has 1 amide bonds. The van der Waals surface area contributed by atoms with Crippen LogP contribution >= 0.6 is 47.2 Å². The van der Waals surface area contributed by atoms with Crippen molar-refractivity contribution in [3.63, 3.8) is 0 Å². The van der Waals surface area contributed by atoms with E-state index in [0.29, 0.717) is 48.1 Å². The van der Waals surface area contributed by atoms with Crippen molar-refractivity contribution >= 4 is 59.0 Å². The molecule has 0 atom stereocenters. The first-order valence-corrected chi connectivity index (χ1v) is 10.0. The molecule has 1 heterocycles. The average Bonchev–Trinajstić information content (AvgIpc) is 3.20. The van der Waals surface area contributed by atoms with Crippen LogP contribution in [0.5, 0.6) is 0 Å². The lowest BCUT2D eigenvalue weighted by atomic mass is 10.0. The third-order valence-corrected chi connectivity index (χ3v) is 5.49. The molecule has 27 heavy (non-hydrogen) atoms. The second-order valence-electron chi connectivity index (χ2n) is 6.66. The molecule has 1 aromatic rings. The van der Waals surface area contributed by atoms with Crippen molar-refractivity contribution in [2.24, 2.45) is 18.0 Å². The summed E-state index contributed by atoms with van der Waals surface area (Å²) in [6, 6.07) is 1.82. The topological polar surface area (TPSA) is 70.5 Å². The van der Waals surface area contributed by atoms with Crippen molar-refractivity contribution in [2.75, 3.05) is 19.6 Å². The number of amides is 1. The van der Waals surface area contributed by atoms with E-state index in [1.54, 1.807) is 0 Å². The Hall–Kier alpha value is -0.670. The zero-order valence-electron chi connectivity index (χ0n) is 16.0. The first-order chi connectivity index (χ1) is 12.5. The Bertz CT molecular complexity index is 630. The van der Waals surface area contributed by atoms with Gasteiger partial charge in [0.2, 0.25) is 5.91 Å². The van der Waals surface area contributed by atoms with Crippen molar-refractivity contribution in [1.82, 2.24) is 20.5 Å². The van der Waals surface area contributed by atoms with Crippen LogP contribution in [0.3, 0.4) is 0 Å². The molecule has 0 aromatic carbocycles. The highest BCUT2D eigenvalue weighted by Crippen LogP contribution is 2.27. The molecule has 0 saturated heterocycles. The standard InChI is InChI=1S/C18H29Cl2N5O.HI/c1-3-21-18(24-12-14-11-15(19)17(20)25(14)2)23-9-8-22-16(26)10-13-6-4-5-7-13;/h11,13H,3-10,12H2,1-2H3,(H,22,26)(H2,21,23,24);1H. The van der Waals surface area contributed by atoms with Crippen molar-refractivity contribution < 1.29 is 4.79 Å². The van der Waals surface area contributed by atoms with Gasteiger partial charge in [-0.3, -0.25) is 4.79 Å². The zero-order valence-corrected chi connectivity index (χ0v) is 19.8. The van der Waals surface area contributed by atoms with Crippen LogP contribution < -0.4 is 16.0 Å². The number of nitrogens with one attached hydrogen (secondary N) is 3. The zero-order chi connectivity index (χ0) is 18.9. The minimum Gasteiger partial charge on any atom is -0.357 e. The summed E-state index contributed by atoms with van der Waals surface area (Å²) in [5.41, 5.74) is 0.932. The van der Waals surface area contributed by atoms with E-state index >= 15 is 0 Å². The van der Waals surface area contributed by atoms with Crippen LogP contribution in [0, 0.1) is 5.92 Å². The van der Waals surface area contributed by atoms with E-state index in [2.05, 4.69) is 20.9 Å². The van der Waals surface area contributed by atoms with Crippen LogP contribution in [0.25, 0.3) is 0 Å². The molecule has 1 aliphatic carbocycles. The number of rotatable bonds is 8. The number of hydrogen-bond donors (Lipinski definition) is 3. The molecule has 2 rings (SSSR count). The number of carbonyl (C=O) groups is 1. The second kappa shape index (κ2) is 12.7. The van der Waals surface area contributed by atoms with Gasteiger partial charge in [0.1, 0.15) is 5.15 Å². The Morgan fingerprint density at radius 1 is 1.22 bits per heavy atom. The molecule has 154 valence electrons. The minimum absolute atomic E-state index is 0. The average molecular weight is 530 g/mol. The van der Waals surface area contributed by atoms with Gasteiger partial charge in [0.25, 0.3) is 0 Å². The van der Waals surface area contributed by atoms with Crippen LogP contribution in [0.2, 0.25) is 10.2 Å². The Morgan fingerprint density at radius 3 is 2.48 bits per heavy atom. The van der Waals surface area contributed by atoms with Crippen molar-refractivity contribution in [3.8, 4) is 0 Å². The maximum atomic E-state index is 11.9. The molecule has 0 spiro atoms. The molecular weight excluding hydrogens is 500 g/mol. The molecule has 6 nitrogen and oxygen atoms in total. The fourth-order valence-corrected chi connectivity index (χ4v) is 3.59. The first kappa shape index (κ1) is 24.4. The lowest BCUT2D eigenvalue weighted by Gasteiger charge is -2.13. The largest absolute Gasteiger partial charge is 0.357 e. The summed E-state index contributed by atoms with van der Waals surface area (Å²) in [7, 11) is 1.86. The second-order valence-corrected chi connectivity index (χ2v) is 7.43. The minimum atomic E-state index is 0. The number of nitrogens with zero attached hydrogens (tertiary/aromatic N) is 2. The summed E-state index contributed by atoms with van der Waals surface area (Å²) in [6.07, 6.45) is 5.56. The lowest BCUT2D eigenvalue weighted by molar-refractivity contribution is -0.121. The molecule has 1 aromatic heterocycles. The van der Waals surface area contributed by atoms with Crippen LogP contribution in [-0.2, 0) is 18.4 Å². The fraction of sp³-hybridized carbons (Fsp3) is 0.667. The number of carbonyl (C=O) groups excluding carboxylic acids is 1. The van der Waals surface area contributed by atoms with Crippen LogP contribution in [-0.4, -0.2) is 36.1 Å². The van der Waals surface area contributed by atoms with E-state index in [1.807, 2.05) is 24.6 Å². The summed E-state index contributed by atoms with van der Waals surface area (Å²) in [5.74, 6) is 1.42. The molecule has 1 aliphatic rings. The molecule has 1 saturated carbocycles. The predicted octanol–water partition coefficient (Wildman–Crippen LogP) is 3.70. The molecule has 9 heteroatoms. The maximum absolute atomic E-state index is 11.9. The van der Waals surface area contributed by atoms with Gasteiger partial charge < -0.3 is 20.5 Å². The van der Waals surface area contributed by atoms with E-state index in [4.69, 9.17) is 23.2 Å². The molecule has 0 unspecified atom stereocenters. The van der Waals surface area contributed by atoms with Gasteiger partial charge >= 0.3 is 0 Å². The molecule has 3 N–H and O–H groups in total. The SMILES string of the molecule is CCNC(=NCc1cc(Cl)c(Cl)n1C)NCCNC(=O)CC1CCCC1.I. The lowest BCUT2D eigenvalue weighted by Crippen LogP contribution is -2.41. The van der Waals surface area contributed by atoms with Crippen molar-refractivity contribution in [1.29, 1.82) is 0 Å². The number of aliphatic imine (C=N–C) groups is 1. The summed E-state index contributed by atoms with van der Waals surface area (Å²) in [5, 5.41) is 10.4. The Morgan fingerprint density at radius 2 is 1.89 bits per heavy atom. The van der Waals surface area contributed by atoms with Gasteiger partial charge in [-0.15, -0.1) is 24.0 Å². The van der Waals surface area contributed by atoms with E-state index in [1.165, 1.54) is 25.7 Å². The van der Waals surface area contributed by atoms with Gasteiger partial charge in [-0.05, 0) is 31.7 Å². The Labute approximate surface area is 188 Å². The van der Waals surface area contributed by atoms with Gasteiger partial charge in [-0.25, -0.2) is 4.99 Å². The summed E-state index contributed by atoms with van der Waals surface area (Å²) >= 11 is 12.1. The predicted molar refractivity (Wildman–Crippen MR) is 123 cm³/mol. The summed E-state index contributed by atoms with van der Waals surface area (Å²) < 4.78 is 1.82. The number of hydrogen-bond acceptors (Lipinski definition) is 2. The smallest absolute Gasteiger partial charge is 0.220 e. The van der Waals surface area contributed by atoms with Gasteiger partial charge in [-0.2, -0.15) is 0 Å². The molecular formula is C18H30Cl2IN5O. The third kappa shape index (κ3) is 8.07. The summed E-state index contributed by atoms with van der Waals surface area (Å²) in [6.45, 7) is 4.44. The van der Waals surface area contributed by atoms with Gasteiger partial charge in [-0.1, -0.05) is 36.0 Å². The Balaban J connectivity index is 0.00000364. The van der Waals surface area contributed by atoms with E-state index in [0.717, 1.165) is 12.2 Å². The number of guanidine groups is 1. The molecule has 0 bridgehead atoms. The number of halogens is 3. The maximum Gasteiger partial charge on any atom is 0.220 e. The third-order valence-electron chi connectivity index (χ3n) is 4.65. The van der Waals surface area contributed by atoms with E-state index < -0.39 is 0 Å². The highest BCUT2D eigenvalue weighted by molar-refractivity contribution is 14.0. The molecule has 0 aliphatic heterocycles. The normalized spacial score (nSPS) is 14.7. The monoisotopic (exact) mass is 529 g/mol. The van der Waals surface area contributed by atoms with Crippen molar-refractivity contribution in [2.45, 2.75) is 45.6 Å². The van der Waals surface area contributed by atoms with Crippen LogP contribution in [0.15, 0.2) is 11.1 Å². The quantitative estimate of drug-likeness (QED) is 0.208. The number of aromatic nitrogens is 1. The fourth-order valence-electron chi connectivity index (χ4n) is 3.17. The van der Waals surface area contributed by atoms with Gasteiger partial charge in [0, 0.05) is 38.8 Å². The van der Waals surface area contributed by atoms with E-state index in [-0.39, 0.29) is 29.9 Å². The van der Waals surface area contributed by atoms with Gasteiger partial charge in [0.15, 0.2) is 5.96 Å². The van der Waals surface area contributed by atoms with Crippen molar-refractivity contribution in [3.05, 3.63) is 21.9 Å². The van der Waals surface area contributed by atoms with Crippen LogP contribution in [0.4, 0.5) is 0 Å². The molecule has 1 fully saturated rings.